The third kappa shape index (κ3) is 5.67. The molecule has 0 radical (unpaired) electrons. The molecule has 1 fully saturated rings. The number of imidazole rings is 1. The number of sulfone groups is 1. The number of hydrogen-bond acceptors (Lipinski definition) is 6. The maximum Gasteiger partial charge on any atom is 0.227 e. The molecule has 2 aromatic rings. The first-order valence-electron chi connectivity index (χ1n) is 10.5. The molecule has 0 aromatic carbocycles. The second kappa shape index (κ2) is 9.86. The van der Waals surface area contributed by atoms with Crippen molar-refractivity contribution in [2.75, 3.05) is 19.4 Å². The SMILES string of the molecule is CCCc1cc(CN(C)Cc2cnc(S(=O)(=O)CCC)n2C[C@@H]2CCCO2)[nH]n1. The zero-order valence-corrected chi connectivity index (χ0v) is 18.5. The molecular formula is C20H33N5O3S. The van der Waals surface area contributed by atoms with Crippen LogP contribution in [0.2, 0.25) is 0 Å². The molecule has 0 amide bonds. The standard InChI is InChI=1S/C20H33N5O3S/c1-4-7-16-11-17(23-22-16)13-24(3)14-18-12-21-20(29(26,27)10-5-2)25(18)15-19-8-6-9-28-19/h11-12,19H,4-10,13-15H2,1-3H3,(H,22,23)/t19-/m0/s1. The molecule has 0 spiro atoms. The Hall–Kier alpha value is -1.71. The normalized spacial score (nSPS) is 17.4. The van der Waals surface area contributed by atoms with E-state index in [2.05, 4.69) is 33.1 Å². The first-order chi connectivity index (χ1) is 13.9. The molecular weight excluding hydrogens is 390 g/mol. The van der Waals surface area contributed by atoms with Crippen molar-refractivity contribution in [1.29, 1.82) is 0 Å². The van der Waals surface area contributed by atoms with Crippen molar-refractivity contribution in [1.82, 2.24) is 24.6 Å². The Balaban J connectivity index is 1.76. The van der Waals surface area contributed by atoms with Crippen LogP contribution in [0.25, 0.3) is 0 Å². The van der Waals surface area contributed by atoms with E-state index in [0.717, 1.165) is 49.4 Å². The van der Waals surface area contributed by atoms with Gasteiger partial charge in [0.2, 0.25) is 15.0 Å². The summed E-state index contributed by atoms with van der Waals surface area (Å²) < 4.78 is 33.1. The van der Waals surface area contributed by atoms with Gasteiger partial charge in [-0.25, -0.2) is 13.4 Å². The van der Waals surface area contributed by atoms with Gasteiger partial charge in [-0.15, -0.1) is 0 Å². The summed E-state index contributed by atoms with van der Waals surface area (Å²) in [6, 6.07) is 2.10. The fourth-order valence-corrected chi connectivity index (χ4v) is 5.27. The minimum Gasteiger partial charge on any atom is -0.376 e. The lowest BCUT2D eigenvalue weighted by Gasteiger charge is -2.20. The number of nitrogens with one attached hydrogen (secondary N) is 1. The lowest BCUT2D eigenvalue weighted by Crippen LogP contribution is -2.25. The van der Waals surface area contributed by atoms with Crippen molar-refractivity contribution in [3.8, 4) is 0 Å². The Bertz CT molecular complexity index is 884. The van der Waals surface area contributed by atoms with Gasteiger partial charge in [-0.05, 0) is 38.8 Å². The van der Waals surface area contributed by atoms with Gasteiger partial charge in [0.05, 0.1) is 36.0 Å². The van der Waals surface area contributed by atoms with Gasteiger partial charge in [0.25, 0.3) is 0 Å². The lowest BCUT2D eigenvalue weighted by molar-refractivity contribution is 0.0934. The molecule has 162 valence electrons. The second-order valence-electron chi connectivity index (χ2n) is 7.90. The van der Waals surface area contributed by atoms with E-state index in [1.54, 1.807) is 6.20 Å². The zero-order chi connectivity index (χ0) is 20.9. The van der Waals surface area contributed by atoms with Crippen LogP contribution in [-0.4, -0.2) is 58.6 Å². The molecule has 2 aromatic heterocycles. The molecule has 1 saturated heterocycles. The quantitative estimate of drug-likeness (QED) is 0.597. The van der Waals surface area contributed by atoms with Gasteiger partial charge in [-0.3, -0.25) is 10.00 Å². The molecule has 3 heterocycles. The number of H-pyrrole nitrogens is 1. The summed E-state index contributed by atoms with van der Waals surface area (Å²) >= 11 is 0. The Morgan fingerprint density at radius 1 is 1.31 bits per heavy atom. The topological polar surface area (TPSA) is 93.1 Å². The minimum atomic E-state index is -3.40. The molecule has 29 heavy (non-hydrogen) atoms. The minimum absolute atomic E-state index is 0.0491. The summed E-state index contributed by atoms with van der Waals surface area (Å²) in [7, 11) is -1.38. The molecule has 1 aliphatic heterocycles. The van der Waals surface area contributed by atoms with Crippen molar-refractivity contribution in [2.24, 2.45) is 0 Å². The van der Waals surface area contributed by atoms with E-state index in [0.29, 0.717) is 26.1 Å². The van der Waals surface area contributed by atoms with Crippen LogP contribution in [0.1, 0.15) is 56.6 Å². The molecule has 3 rings (SSSR count). The first kappa shape index (κ1) is 22.0. The van der Waals surface area contributed by atoms with Crippen LogP contribution in [0, 0.1) is 0 Å². The molecule has 8 nitrogen and oxygen atoms in total. The number of hydrogen-bond donors (Lipinski definition) is 1. The first-order valence-corrected chi connectivity index (χ1v) is 12.2. The molecule has 9 heteroatoms. The van der Waals surface area contributed by atoms with Crippen molar-refractivity contribution < 1.29 is 13.2 Å². The fourth-order valence-electron chi connectivity index (χ4n) is 3.81. The van der Waals surface area contributed by atoms with E-state index in [1.807, 2.05) is 18.5 Å². The predicted molar refractivity (Wildman–Crippen MR) is 111 cm³/mol. The summed E-state index contributed by atoms with van der Waals surface area (Å²) in [6.45, 7) is 6.59. The van der Waals surface area contributed by atoms with Crippen LogP contribution in [-0.2, 0) is 40.6 Å². The number of aromatic nitrogens is 4. The van der Waals surface area contributed by atoms with Crippen molar-refractivity contribution in [3.63, 3.8) is 0 Å². The average molecular weight is 424 g/mol. The van der Waals surface area contributed by atoms with Gasteiger partial charge >= 0.3 is 0 Å². The summed E-state index contributed by atoms with van der Waals surface area (Å²) in [5.74, 6) is 0.110. The van der Waals surface area contributed by atoms with Gasteiger partial charge in [0.15, 0.2) is 0 Å². The number of ether oxygens (including phenoxy) is 1. The highest BCUT2D eigenvalue weighted by atomic mass is 32.2. The average Bonchev–Trinajstić information content (AvgIpc) is 3.39. The molecule has 1 aliphatic rings. The highest BCUT2D eigenvalue weighted by Gasteiger charge is 2.26. The monoisotopic (exact) mass is 423 g/mol. The van der Waals surface area contributed by atoms with Crippen LogP contribution in [0.5, 0.6) is 0 Å². The molecule has 0 bridgehead atoms. The maximum absolute atomic E-state index is 12.7. The van der Waals surface area contributed by atoms with Gasteiger partial charge in [0, 0.05) is 25.4 Å². The van der Waals surface area contributed by atoms with E-state index < -0.39 is 9.84 Å². The van der Waals surface area contributed by atoms with Crippen molar-refractivity contribution >= 4 is 9.84 Å². The van der Waals surface area contributed by atoms with Crippen molar-refractivity contribution in [2.45, 2.75) is 76.8 Å². The summed E-state index contributed by atoms with van der Waals surface area (Å²) in [6.07, 6.45) is 6.33. The molecule has 1 N–H and O–H groups in total. The predicted octanol–water partition coefficient (Wildman–Crippen LogP) is 2.55. The van der Waals surface area contributed by atoms with Crippen LogP contribution in [0.4, 0.5) is 0 Å². The Morgan fingerprint density at radius 2 is 2.14 bits per heavy atom. The van der Waals surface area contributed by atoms with E-state index in [-0.39, 0.29) is 17.0 Å². The largest absolute Gasteiger partial charge is 0.376 e. The fraction of sp³-hybridized carbons (Fsp3) is 0.700. The van der Waals surface area contributed by atoms with E-state index >= 15 is 0 Å². The zero-order valence-electron chi connectivity index (χ0n) is 17.7. The van der Waals surface area contributed by atoms with Gasteiger partial charge in [-0.1, -0.05) is 20.3 Å². The summed E-state index contributed by atoms with van der Waals surface area (Å²) in [4.78, 5) is 6.45. The van der Waals surface area contributed by atoms with Crippen LogP contribution in [0.3, 0.4) is 0 Å². The number of rotatable bonds is 11. The third-order valence-corrected chi connectivity index (χ3v) is 6.95. The lowest BCUT2D eigenvalue weighted by atomic mass is 10.2. The van der Waals surface area contributed by atoms with E-state index in [9.17, 15) is 8.42 Å². The Kier molecular flexibility index (Phi) is 7.48. The summed E-state index contributed by atoms with van der Waals surface area (Å²) in [5.41, 5.74) is 3.03. The molecule has 1 atom stereocenters. The second-order valence-corrected chi connectivity index (χ2v) is 9.91. The molecule has 0 aliphatic carbocycles. The van der Waals surface area contributed by atoms with Crippen LogP contribution in [0.15, 0.2) is 17.4 Å². The smallest absolute Gasteiger partial charge is 0.227 e. The maximum atomic E-state index is 12.7. The van der Waals surface area contributed by atoms with Gasteiger partial charge in [0.1, 0.15) is 0 Å². The Labute approximate surface area is 173 Å². The van der Waals surface area contributed by atoms with Crippen LogP contribution >= 0.6 is 0 Å². The summed E-state index contributed by atoms with van der Waals surface area (Å²) in [5, 5.41) is 7.61. The van der Waals surface area contributed by atoms with Gasteiger partial charge in [-0.2, -0.15) is 5.10 Å². The van der Waals surface area contributed by atoms with Gasteiger partial charge < -0.3 is 9.30 Å². The van der Waals surface area contributed by atoms with E-state index in [1.165, 1.54) is 0 Å². The van der Waals surface area contributed by atoms with Crippen molar-refractivity contribution in [3.05, 3.63) is 29.3 Å². The highest BCUT2D eigenvalue weighted by Crippen LogP contribution is 2.21. The third-order valence-electron chi connectivity index (χ3n) is 5.13. The molecule has 0 saturated carbocycles. The highest BCUT2D eigenvalue weighted by molar-refractivity contribution is 7.91. The molecule has 0 unspecified atom stereocenters. The van der Waals surface area contributed by atoms with Crippen LogP contribution < -0.4 is 0 Å². The number of nitrogens with zero attached hydrogens (tertiary/aromatic N) is 4. The Morgan fingerprint density at radius 3 is 2.83 bits per heavy atom. The number of aromatic amines is 1. The number of aryl methyl sites for hydroxylation is 1. The van der Waals surface area contributed by atoms with E-state index in [4.69, 9.17) is 4.74 Å².